The lowest BCUT2D eigenvalue weighted by molar-refractivity contribution is 0.0938. The second-order valence-corrected chi connectivity index (χ2v) is 8.77. The van der Waals surface area contributed by atoms with Crippen LogP contribution in [-0.4, -0.2) is 34.6 Å². The predicted molar refractivity (Wildman–Crippen MR) is 123 cm³/mol. The number of hydrogen-bond donors (Lipinski definition) is 1. The van der Waals surface area contributed by atoms with Gasteiger partial charge < -0.3 is 10.2 Å². The minimum atomic E-state index is -0.0986. The van der Waals surface area contributed by atoms with Gasteiger partial charge in [0.2, 0.25) is 5.95 Å². The zero-order chi connectivity index (χ0) is 21.4. The largest absolute Gasteiger partial charge is 0.349 e. The molecule has 1 saturated carbocycles. The van der Waals surface area contributed by atoms with Crippen LogP contribution in [0.2, 0.25) is 0 Å². The molecule has 6 heteroatoms. The molecule has 0 spiro atoms. The van der Waals surface area contributed by atoms with Crippen LogP contribution in [0.5, 0.6) is 0 Å². The Hall–Kier alpha value is -3.15. The van der Waals surface area contributed by atoms with Crippen LogP contribution in [0, 0.1) is 6.92 Å². The molecule has 0 unspecified atom stereocenters. The van der Waals surface area contributed by atoms with Gasteiger partial charge >= 0.3 is 0 Å². The highest BCUT2D eigenvalue weighted by Gasteiger charge is 2.22. The Morgan fingerprint density at radius 3 is 2.42 bits per heavy atom. The lowest BCUT2D eigenvalue weighted by Gasteiger charge is -2.22. The lowest BCUT2D eigenvalue weighted by atomic mass is 10.1. The van der Waals surface area contributed by atoms with Gasteiger partial charge in [0, 0.05) is 24.7 Å². The van der Waals surface area contributed by atoms with E-state index in [0.29, 0.717) is 22.4 Å². The van der Waals surface area contributed by atoms with E-state index in [-0.39, 0.29) is 17.5 Å². The summed E-state index contributed by atoms with van der Waals surface area (Å²) in [6.07, 6.45) is 6.59. The van der Waals surface area contributed by atoms with E-state index in [0.717, 1.165) is 50.0 Å². The van der Waals surface area contributed by atoms with Crippen LogP contribution >= 0.6 is 0 Å². The van der Waals surface area contributed by atoms with E-state index in [1.165, 1.54) is 12.8 Å². The van der Waals surface area contributed by atoms with Crippen molar-refractivity contribution >= 4 is 22.8 Å². The molecule has 1 saturated heterocycles. The number of nitrogens with zero attached hydrogens (tertiary/aromatic N) is 3. The molecule has 0 atom stereocenters. The van der Waals surface area contributed by atoms with Crippen LogP contribution in [0.15, 0.2) is 47.3 Å². The molecule has 0 radical (unpaired) electrons. The third-order valence-electron chi connectivity index (χ3n) is 6.49. The van der Waals surface area contributed by atoms with Crippen LogP contribution in [0.1, 0.15) is 54.4 Å². The number of rotatable bonds is 4. The molecule has 1 aliphatic heterocycles. The van der Waals surface area contributed by atoms with Gasteiger partial charge in [-0.3, -0.25) is 9.59 Å². The average Bonchev–Trinajstić information content (AvgIpc) is 3.48. The first-order valence-corrected chi connectivity index (χ1v) is 11.3. The van der Waals surface area contributed by atoms with Gasteiger partial charge in [-0.15, -0.1) is 0 Å². The first-order valence-electron chi connectivity index (χ1n) is 11.3. The standard InChI is InChI=1S/C25H28N4O2/c1-17-8-11-20(12-9-17)29-24(31)21-13-10-18(23(30)26-19-6-2-3-7-19)16-22(21)27-25(29)28-14-4-5-15-28/h8-13,16,19H,2-7,14-15H2,1H3,(H,26,30). The van der Waals surface area contributed by atoms with E-state index < -0.39 is 0 Å². The van der Waals surface area contributed by atoms with Gasteiger partial charge in [0.05, 0.1) is 16.6 Å². The second-order valence-electron chi connectivity index (χ2n) is 8.77. The summed E-state index contributed by atoms with van der Waals surface area (Å²) in [6.45, 7) is 3.79. The molecule has 31 heavy (non-hydrogen) atoms. The molecule has 6 nitrogen and oxygen atoms in total. The summed E-state index contributed by atoms with van der Waals surface area (Å²) in [5, 5.41) is 3.65. The predicted octanol–water partition coefficient (Wildman–Crippen LogP) is 3.97. The summed E-state index contributed by atoms with van der Waals surface area (Å²) < 4.78 is 1.71. The van der Waals surface area contributed by atoms with E-state index in [1.54, 1.807) is 22.8 Å². The smallest absolute Gasteiger partial charge is 0.267 e. The number of carbonyl (C=O) groups excluding carboxylic acids is 1. The van der Waals surface area contributed by atoms with Crippen molar-refractivity contribution in [2.45, 2.75) is 51.5 Å². The van der Waals surface area contributed by atoms with Gasteiger partial charge in [-0.1, -0.05) is 30.5 Å². The minimum absolute atomic E-state index is 0.0824. The highest BCUT2D eigenvalue weighted by molar-refractivity contribution is 5.98. The Balaban J connectivity index is 1.60. The second kappa shape index (κ2) is 8.17. The van der Waals surface area contributed by atoms with Crippen LogP contribution in [0.3, 0.4) is 0 Å². The first-order chi connectivity index (χ1) is 15.1. The number of aryl methyl sites for hydroxylation is 1. The van der Waals surface area contributed by atoms with Gasteiger partial charge in [-0.2, -0.15) is 0 Å². The van der Waals surface area contributed by atoms with E-state index in [2.05, 4.69) is 10.2 Å². The van der Waals surface area contributed by atoms with Crippen LogP contribution < -0.4 is 15.8 Å². The van der Waals surface area contributed by atoms with Crippen LogP contribution in [-0.2, 0) is 0 Å². The summed E-state index contributed by atoms with van der Waals surface area (Å²) >= 11 is 0. The van der Waals surface area contributed by atoms with Crippen molar-refractivity contribution in [2.75, 3.05) is 18.0 Å². The number of nitrogens with one attached hydrogen (secondary N) is 1. The van der Waals surface area contributed by atoms with Gasteiger partial charge in [0.15, 0.2) is 0 Å². The number of hydrogen-bond acceptors (Lipinski definition) is 4. The van der Waals surface area contributed by atoms with Gasteiger partial charge in [-0.25, -0.2) is 9.55 Å². The van der Waals surface area contributed by atoms with Gasteiger partial charge in [0.25, 0.3) is 11.5 Å². The van der Waals surface area contributed by atoms with Crippen molar-refractivity contribution in [1.29, 1.82) is 0 Å². The lowest BCUT2D eigenvalue weighted by Crippen LogP contribution is -2.33. The monoisotopic (exact) mass is 416 g/mol. The molecule has 160 valence electrons. The summed E-state index contributed by atoms with van der Waals surface area (Å²) in [4.78, 5) is 33.4. The molecule has 1 aliphatic carbocycles. The normalized spacial score (nSPS) is 16.9. The Labute approximate surface area is 181 Å². The molecule has 2 aliphatic rings. The fourth-order valence-corrected chi connectivity index (χ4v) is 4.71. The van der Waals surface area contributed by atoms with Crippen molar-refractivity contribution in [2.24, 2.45) is 0 Å². The molecule has 2 aromatic carbocycles. The molecule has 2 heterocycles. The number of benzene rings is 2. The fraction of sp³-hybridized carbons (Fsp3) is 0.400. The summed E-state index contributed by atoms with van der Waals surface area (Å²) in [7, 11) is 0. The number of anilines is 1. The molecular weight excluding hydrogens is 388 g/mol. The molecule has 0 bridgehead atoms. The number of amides is 1. The van der Waals surface area contributed by atoms with Crippen molar-refractivity contribution in [3.63, 3.8) is 0 Å². The van der Waals surface area contributed by atoms with Crippen LogP contribution in [0.4, 0.5) is 5.95 Å². The van der Waals surface area contributed by atoms with Crippen LogP contribution in [0.25, 0.3) is 16.6 Å². The molecule has 5 rings (SSSR count). The quantitative estimate of drug-likeness (QED) is 0.699. The highest BCUT2D eigenvalue weighted by Crippen LogP contribution is 2.24. The van der Waals surface area contributed by atoms with Crippen molar-refractivity contribution in [3.05, 3.63) is 63.9 Å². The number of fused-ring (bicyclic) bond motifs is 1. The maximum Gasteiger partial charge on any atom is 0.267 e. The number of aromatic nitrogens is 2. The maximum atomic E-state index is 13.5. The van der Waals surface area contributed by atoms with E-state index in [9.17, 15) is 9.59 Å². The van der Waals surface area contributed by atoms with Crippen molar-refractivity contribution < 1.29 is 4.79 Å². The molecular formula is C25H28N4O2. The summed E-state index contributed by atoms with van der Waals surface area (Å²) in [5.74, 6) is 0.577. The van der Waals surface area contributed by atoms with E-state index in [1.807, 2.05) is 31.2 Å². The molecule has 1 N–H and O–H groups in total. The number of carbonyl (C=O) groups is 1. The fourth-order valence-electron chi connectivity index (χ4n) is 4.71. The molecule has 3 aromatic rings. The van der Waals surface area contributed by atoms with E-state index in [4.69, 9.17) is 4.98 Å². The van der Waals surface area contributed by atoms with Crippen molar-refractivity contribution in [1.82, 2.24) is 14.9 Å². The average molecular weight is 417 g/mol. The topological polar surface area (TPSA) is 67.2 Å². The van der Waals surface area contributed by atoms with Gasteiger partial charge in [-0.05, 0) is 62.9 Å². The van der Waals surface area contributed by atoms with E-state index >= 15 is 0 Å². The summed E-state index contributed by atoms with van der Waals surface area (Å²) in [5.41, 5.74) is 3.00. The zero-order valence-corrected chi connectivity index (χ0v) is 17.9. The molecule has 2 fully saturated rings. The van der Waals surface area contributed by atoms with Crippen molar-refractivity contribution in [3.8, 4) is 5.69 Å². The Kier molecular flexibility index (Phi) is 5.22. The Morgan fingerprint density at radius 1 is 1.00 bits per heavy atom. The third-order valence-corrected chi connectivity index (χ3v) is 6.49. The highest BCUT2D eigenvalue weighted by atomic mass is 16.1. The molecule has 1 aromatic heterocycles. The first kappa shape index (κ1) is 19.8. The van der Waals surface area contributed by atoms with Gasteiger partial charge in [0.1, 0.15) is 0 Å². The Bertz CT molecular complexity index is 1170. The minimum Gasteiger partial charge on any atom is -0.349 e. The molecule has 1 amide bonds. The SMILES string of the molecule is Cc1ccc(-n2c(N3CCCC3)nc3cc(C(=O)NC4CCCC4)ccc3c2=O)cc1. The Morgan fingerprint density at radius 2 is 1.71 bits per heavy atom. The third kappa shape index (κ3) is 3.82. The maximum absolute atomic E-state index is 13.5. The summed E-state index contributed by atoms with van der Waals surface area (Å²) in [6, 6.07) is 13.5. The zero-order valence-electron chi connectivity index (χ0n) is 17.9.